The molecule has 0 saturated carbocycles. The molecular weight excluding hydrogens is 332 g/mol. The molecule has 1 aliphatic rings. The molecule has 9 heteroatoms. The Morgan fingerprint density at radius 3 is 2.62 bits per heavy atom. The molecule has 0 atom stereocenters. The summed E-state index contributed by atoms with van der Waals surface area (Å²) in [5, 5.41) is 13.0. The Labute approximate surface area is 151 Å². The number of carbonyl (C=O) groups excluding carboxylic acids is 1. The highest BCUT2D eigenvalue weighted by molar-refractivity contribution is 5.90. The number of piperidine rings is 1. The van der Waals surface area contributed by atoms with E-state index in [1.54, 1.807) is 23.2 Å². The first-order chi connectivity index (χ1) is 12.6. The van der Waals surface area contributed by atoms with Crippen LogP contribution >= 0.6 is 0 Å². The number of hydrogen-bond donors (Lipinski definition) is 0. The molecule has 0 bridgehead atoms. The molecule has 0 N–H and O–H groups in total. The van der Waals surface area contributed by atoms with Crippen molar-refractivity contribution in [1.29, 1.82) is 0 Å². The van der Waals surface area contributed by atoms with Gasteiger partial charge in [-0.2, -0.15) is 5.10 Å². The van der Waals surface area contributed by atoms with E-state index in [1.165, 1.54) is 0 Å². The fourth-order valence-corrected chi connectivity index (χ4v) is 3.46. The minimum Gasteiger partial charge on any atom is -0.336 e. The molecule has 0 aliphatic carbocycles. The van der Waals surface area contributed by atoms with E-state index in [-0.39, 0.29) is 5.91 Å². The van der Waals surface area contributed by atoms with Crippen molar-refractivity contribution in [2.45, 2.75) is 25.3 Å². The molecular formula is C17H22N8O. The molecule has 3 aromatic rings. The van der Waals surface area contributed by atoms with Crippen molar-refractivity contribution in [1.82, 2.24) is 39.0 Å². The number of nitrogens with zero attached hydrogens (tertiary/aromatic N) is 8. The van der Waals surface area contributed by atoms with Crippen molar-refractivity contribution >= 4 is 5.91 Å². The SMILES string of the molecule is Cn1ccnc1C(=O)N1CCC(c2nnc(Cn3cccn3)n2C)CC1. The van der Waals surface area contributed by atoms with Crippen LogP contribution in [0.15, 0.2) is 30.9 Å². The Kier molecular flexibility index (Phi) is 4.27. The van der Waals surface area contributed by atoms with E-state index in [2.05, 4.69) is 24.8 Å². The zero-order valence-electron chi connectivity index (χ0n) is 15.0. The fourth-order valence-electron chi connectivity index (χ4n) is 3.46. The minimum absolute atomic E-state index is 0.00622. The van der Waals surface area contributed by atoms with Gasteiger partial charge in [0, 0.05) is 57.9 Å². The molecule has 1 saturated heterocycles. The molecule has 4 heterocycles. The Morgan fingerprint density at radius 2 is 1.96 bits per heavy atom. The summed E-state index contributed by atoms with van der Waals surface area (Å²) in [7, 11) is 3.84. The summed E-state index contributed by atoms with van der Waals surface area (Å²) in [6.07, 6.45) is 8.87. The summed E-state index contributed by atoms with van der Waals surface area (Å²) < 4.78 is 5.66. The fraction of sp³-hybridized carbons (Fsp3) is 0.471. The van der Waals surface area contributed by atoms with Crippen LogP contribution in [0.3, 0.4) is 0 Å². The van der Waals surface area contributed by atoms with E-state index >= 15 is 0 Å². The quantitative estimate of drug-likeness (QED) is 0.692. The first kappa shape index (κ1) is 16.5. The number of likely N-dealkylation sites (tertiary alicyclic amines) is 1. The lowest BCUT2D eigenvalue weighted by Crippen LogP contribution is -2.39. The summed E-state index contributed by atoms with van der Waals surface area (Å²) in [6.45, 7) is 2.02. The van der Waals surface area contributed by atoms with Gasteiger partial charge < -0.3 is 14.0 Å². The summed E-state index contributed by atoms with van der Waals surface area (Å²) in [4.78, 5) is 18.6. The van der Waals surface area contributed by atoms with Crippen LogP contribution in [-0.2, 0) is 20.6 Å². The van der Waals surface area contributed by atoms with Crippen molar-refractivity contribution in [2.75, 3.05) is 13.1 Å². The van der Waals surface area contributed by atoms with Crippen LogP contribution < -0.4 is 0 Å². The van der Waals surface area contributed by atoms with Crippen molar-refractivity contribution in [3.05, 3.63) is 48.3 Å². The van der Waals surface area contributed by atoms with Crippen LogP contribution in [-0.4, -0.2) is 58.0 Å². The Morgan fingerprint density at radius 1 is 1.15 bits per heavy atom. The number of hydrogen-bond acceptors (Lipinski definition) is 5. The first-order valence-corrected chi connectivity index (χ1v) is 8.75. The number of carbonyl (C=O) groups is 1. The number of aromatic nitrogens is 7. The van der Waals surface area contributed by atoms with E-state index in [4.69, 9.17) is 0 Å². The van der Waals surface area contributed by atoms with Gasteiger partial charge in [0.15, 0.2) is 11.6 Å². The topological polar surface area (TPSA) is 86.7 Å². The molecule has 26 heavy (non-hydrogen) atoms. The second-order valence-corrected chi connectivity index (χ2v) is 6.67. The molecule has 1 fully saturated rings. The standard InChI is InChI=1S/C17H22N8O/c1-22-11-7-18-16(22)17(26)24-9-4-13(5-10-24)15-21-20-14(23(15)2)12-25-8-3-6-19-25/h3,6-8,11,13H,4-5,9-10,12H2,1-2H3. The number of rotatable bonds is 4. The first-order valence-electron chi connectivity index (χ1n) is 8.75. The molecule has 1 aliphatic heterocycles. The third-order valence-corrected chi connectivity index (χ3v) is 5.02. The van der Waals surface area contributed by atoms with Gasteiger partial charge in [-0.25, -0.2) is 4.98 Å². The third kappa shape index (κ3) is 3.00. The lowest BCUT2D eigenvalue weighted by atomic mass is 9.96. The Balaban J connectivity index is 1.41. The van der Waals surface area contributed by atoms with E-state index in [0.29, 0.717) is 31.4 Å². The van der Waals surface area contributed by atoms with Gasteiger partial charge in [-0.1, -0.05) is 0 Å². The molecule has 9 nitrogen and oxygen atoms in total. The largest absolute Gasteiger partial charge is 0.336 e. The van der Waals surface area contributed by atoms with Crippen molar-refractivity contribution in [3.63, 3.8) is 0 Å². The number of imidazole rings is 1. The van der Waals surface area contributed by atoms with Crippen molar-refractivity contribution in [3.8, 4) is 0 Å². The van der Waals surface area contributed by atoms with Crippen LogP contribution in [0.1, 0.15) is 41.0 Å². The molecule has 0 radical (unpaired) electrons. The van der Waals surface area contributed by atoms with Gasteiger partial charge in [0.05, 0.1) is 0 Å². The lowest BCUT2D eigenvalue weighted by Gasteiger charge is -2.31. The maximum atomic E-state index is 12.6. The molecule has 4 rings (SSSR count). The van der Waals surface area contributed by atoms with Crippen LogP contribution in [0.2, 0.25) is 0 Å². The second-order valence-electron chi connectivity index (χ2n) is 6.67. The molecule has 1 amide bonds. The predicted octanol–water partition coefficient (Wildman–Crippen LogP) is 0.813. The van der Waals surface area contributed by atoms with Crippen molar-refractivity contribution < 1.29 is 4.79 Å². The zero-order valence-corrected chi connectivity index (χ0v) is 15.0. The Hall–Kier alpha value is -2.97. The van der Waals surface area contributed by atoms with Gasteiger partial charge in [-0.15, -0.1) is 10.2 Å². The maximum absolute atomic E-state index is 12.6. The molecule has 3 aromatic heterocycles. The molecule has 0 unspecified atom stereocenters. The van der Waals surface area contributed by atoms with Gasteiger partial charge in [0.2, 0.25) is 0 Å². The summed E-state index contributed by atoms with van der Waals surface area (Å²) >= 11 is 0. The summed E-state index contributed by atoms with van der Waals surface area (Å²) in [5.74, 6) is 2.66. The second kappa shape index (κ2) is 6.74. The van der Waals surface area contributed by atoms with Gasteiger partial charge in [0.1, 0.15) is 12.4 Å². The maximum Gasteiger partial charge on any atom is 0.289 e. The van der Waals surface area contributed by atoms with Gasteiger partial charge in [0.25, 0.3) is 5.91 Å². The highest BCUT2D eigenvalue weighted by atomic mass is 16.2. The van der Waals surface area contributed by atoms with Crippen LogP contribution in [0, 0.1) is 0 Å². The molecule has 136 valence electrons. The lowest BCUT2D eigenvalue weighted by molar-refractivity contribution is 0.0694. The summed E-state index contributed by atoms with van der Waals surface area (Å²) in [6, 6.07) is 1.89. The minimum atomic E-state index is -0.00622. The third-order valence-electron chi connectivity index (χ3n) is 5.02. The number of amides is 1. The average Bonchev–Trinajstić information content (AvgIpc) is 3.38. The van der Waals surface area contributed by atoms with Crippen molar-refractivity contribution in [2.24, 2.45) is 14.1 Å². The van der Waals surface area contributed by atoms with E-state index < -0.39 is 0 Å². The smallest absolute Gasteiger partial charge is 0.289 e. The summed E-state index contributed by atoms with van der Waals surface area (Å²) in [5.41, 5.74) is 0. The highest BCUT2D eigenvalue weighted by Gasteiger charge is 2.29. The van der Waals surface area contributed by atoms with E-state index in [0.717, 1.165) is 24.5 Å². The van der Waals surface area contributed by atoms with Gasteiger partial charge in [-0.05, 0) is 18.9 Å². The normalized spacial score (nSPS) is 15.5. The van der Waals surface area contributed by atoms with Crippen LogP contribution in [0.4, 0.5) is 0 Å². The molecule has 0 aromatic carbocycles. The van der Waals surface area contributed by atoms with Crippen LogP contribution in [0.5, 0.6) is 0 Å². The average molecular weight is 354 g/mol. The zero-order chi connectivity index (χ0) is 18.1. The van der Waals surface area contributed by atoms with Crippen LogP contribution in [0.25, 0.3) is 0 Å². The highest BCUT2D eigenvalue weighted by Crippen LogP contribution is 2.27. The number of aryl methyl sites for hydroxylation is 1. The van der Waals surface area contributed by atoms with E-state index in [1.807, 2.05) is 35.9 Å². The van der Waals surface area contributed by atoms with Gasteiger partial charge in [-0.3, -0.25) is 9.48 Å². The predicted molar refractivity (Wildman–Crippen MR) is 93.4 cm³/mol. The van der Waals surface area contributed by atoms with E-state index in [9.17, 15) is 4.79 Å². The van der Waals surface area contributed by atoms with Gasteiger partial charge >= 0.3 is 0 Å². The monoisotopic (exact) mass is 354 g/mol. The molecule has 0 spiro atoms. The Bertz CT molecular complexity index is 886.